The van der Waals surface area contributed by atoms with Gasteiger partial charge in [-0.1, -0.05) is 27.7 Å². The van der Waals surface area contributed by atoms with Gasteiger partial charge in [-0.05, 0) is 121 Å². The molecule has 0 N–H and O–H groups in total. The van der Waals surface area contributed by atoms with Crippen LogP contribution in [-0.2, 0) is 4.74 Å². The maximum absolute atomic E-state index is 5.94. The van der Waals surface area contributed by atoms with Gasteiger partial charge in [0.15, 0.2) is 0 Å². The van der Waals surface area contributed by atoms with Crippen molar-refractivity contribution in [2.75, 3.05) is 39.3 Å². The number of likely N-dealkylation sites (tertiary alicyclic amines) is 2. The van der Waals surface area contributed by atoms with Gasteiger partial charge in [-0.3, -0.25) is 0 Å². The van der Waals surface area contributed by atoms with E-state index in [4.69, 9.17) is 4.74 Å². The predicted molar refractivity (Wildman–Crippen MR) is 129 cm³/mol. The van der Waals surface area contributed by atoms with E-state index < -0.39 is 0 Å². The van der Waals surface area contributed by atoms with E-state index in [9.17, 15) is 0 Å². The van der Waals surface area contributed by atoms with Gasteiger partial charge in [-0.15, -0.1) is 0 Å². The Morgan fingerprint density at radius 1 is 0.833 bits per heavy atom. The lowest BCUT2D eigenvalue weighted by Crippen LogP contribution is -2.51. The zero-order valence-corrected chi connectivity index (χ0v) is 21.4. The number of hydrogen-bond donors (Lipinski definition) is 0. The molecule has 2 heterocycles. The SMILES string of the molecule is CC(C1CCN(C2CC(CN3CCC(CCOC(C)(C)C)CC3)C2)CC1)C(C)(C)C. The maximum Gasteiger partial charge on any atom is 0.0598 e. The summed E-state index contributed by atoms with van der Waals surface area (Å²) < 4.78 is 5.94. The lowest BCUT2D eigenvalue weighted by atomic mass is 9.70. The van der Waals surface area contributed by atoms with Gasteiger partial charge in [-0.2, -0.15) is 0 Å². The van der Waals surface area contributed by atoms with Crippen LogP contribution in [0.2, 0.25) is 0 Å². The molecule has 0 spiro atoms. The van der Waals surface area contributed by atoms with Crippen LogP contribution >= 0.6 is 0 Å². The summed E-state index contributed by atoms with van der Waals surface area (Å²) in [5, 5.41) is 0. The summed E-state index contributed by atoms with van der Waals surface area (Å²) >= 11 is 0. The van der Waals surface area contributed by atoms with Crippen molar-refractivity contribution in [2.45, 2.75) is 105 Å². The molecule has 3 heteroatoms. The summed E-state index contributed by atoms with van der Waals surface area (Å²) in [6.45, 7) is 23.9. The molecule has 0 aromatic rings. The third-order valence-corrected chi connectivity index (χ3v) is 8.66. The fourth-order valence-electron chi connectivity index (χ4n) is 5.99. The van der Waals surface area contributed by atoms with Crippen LogP contribution in [0.25, 0.3) is 0 Å². The lowest BCUT2D eigenvalue weighted by molar-refractivity contribution is -0.0147. The van der Waals surface area contributed by atoms with Crippen LogP contribution in [0, 0.1) is 29.1 Å². The highest BCUT2D eigenvalue weighted by Crippen LogP contribution is 2.40. The van der Waals surface area contributed by atoms with Gasteiger partial charge >= 0.3 is 0 Å². The first-order chi connectivity index (χ1) is 14.0. The van der Waals surface area contributed by atoms with Gasteiger partial charge in [0.05, 0.1) is 5.60 Å². The van der Waals surface area contributed by atoms with Crippen molar-refractivity contribution in [2.24, 2.45) is 29.1 Å². The molecule has 1 unspecified atom stereocenters. The Labute approximate surface area is 188 Å². The van der Waals surface area contributed by atoms with Crippen molar-refractivity contribution in [1.82, 2.24) is 9.80 Å². The predicted octanol–water partition coefficient (Wildman–Crippen LogP) is 6.08. The Morgan fingerprint density at radius 3 is 1.97 bits per heavy atom. The largest absolute Gasteiger partial charge is 0.376 e. The fourth-order valence-corrected chi connectivity index (χ4v) is 5.99. The van der Waals surface area contributed by atoms with Crippen molar-refractivity contribution in [3.63, 3.8) is 0 Å². The van der Waals surface area contributed by atoms with Crippen LogP contribution in [0.3, 0.4) is 0 Å². The van der Waals surface area contributed by atoms with Crippen molar-refractivity contribution < 1.29 is 4.74 Å². The van der Waals surface area contributed by atoms with Crippen LogP contribution in [0.1, 0.15) is 93.4 Å². The summed E-state index contributed by atoms with van der Waals surface area (Å²) in [7, 11) is 0. The summed E-state index contributed by atoms with van der Waals surface area (Å²) in [5.41, 5.74) is 0.475. The second kappa shape index (κ2) is 10.2. The fraction of sp³-hybridized carbons (Fsp3) is 1.00. The first-order valence-corrected chi connectivity index (χ1v) is 13.1. The topological polar surface area (TPSA) is 15.7 Å². The van der Waals surface area contributed by atoms with E-state index in [1.807, 2.05) is 0 Å². The molecule has 3 aliphatic rings. The van der Waals surface area contributed by atoms with Crippen LogP contribution in [0.15, 0.2) is 0 Å². The second-order valence-electron chi connectivity index (χ2n) is 13.0. The number of piperidine rings is 2. The molecule has 0 radical (unpaired) electrons. The number of ether oxygens (including phenoxy) is 1. The minimum atomic E-state index is 0.0154. The first kappa shape index (κ1) is 24.5. The van der Waals surface area contributed by atoms with Gasteiger partial charge in [0.2, 0.25) is 0 Å². The lowest BCUT2D eigenvalue weighted by Gasteiger charge is -2.49. The highest BCUT2D eigenvalue weighted by Gasteiger charge is 2.38. The van der Waals surface area contributed by atoms with Crippen molar-refractivity contribution in [3.05, 3.63) is 0 Å². The minimum absolute atomic E-state index is 0.0154. The monoisotopic (exact) mass is 420 g/mol. The molecule has 0 aromatic heterocycles. The zero-order chi connectivity index (χ0) is 21.9. The van der Waals surface area contributed by atoms with Crippen molar-refractivity contribution in [3.8, 4) is 0 Å². The van der Waals surface area contributed by atoms with Crippen LogP contribution < -0.4 is 0 Å². The van der Waals surface area contributed by atoms with Gasteiger partial charge in [-0.25, -0.2) is 0 Å². The molecule has 176 valence electrons. The Morgan fingerprint density at radius 2 is 1.43 bits per heavy atom. The van der Waals surface area contributed by atoms with Gasteiger partial charge in [0, 0.05) is 19.2 Å². The van der Waals surface area contributed by atoms with Crippen LogP contribution in [-0.4, -0.2) is 60.8 Å². The molecule has 2 saturated heterocycles. The van der Waals surface area contributed by atoms with E-state index in [1.165, 1.54) is 77.7 Å². The Balaban J connectivity index is 1.27. The summed E-state index contributed by atoms with van der Waals surface area (Å²) in [6.07, 6.45) is 9.77. The van der Waals surface area contributed by atoms with E-state index in [1.54, 1.807) is 0 Å². The molecule has 3 nitrogen and oxygen atoms in total. The normalized spacial score (nSPS) is 29.7. The van der Waals surface area contributed by atoms with E-state index in [2.05, 4.69) is 58.3 Å². The Bertz CT molecular complexity index is 498. The van der Waals surface area contributed by atoms with Crippen LogP contribution in [0.5, 0.6) is 0 Å². The van der Waals surface area contributed by atoms with Crippen molar-refractivity contribution in [1.29, 1.82) is 0 Å². The van der Waals surface area contributed by atoms with E-state index in [0.717, 1.165) is 36.3 Å². The average molecular weight is 421 g/mol. The number of rotatable bonds is 7. The molecule has 3 fully saturated rings. The summed E-state index contributed by atoms with van der Waals surface area (Å²) in [4.78, 5) is 5.60. The first-order valence-electron chi connectivity index (χ1n) is 13.1. The highest BCUT2D eigenvalue weighted by molar-refractivity contribution is 4.92. The number of hydrogen-bond acceptors (Lipinski definition) is 3. The van der Waals surface area contributed by atoms with Crippen LogP contribution in [0.4, 0.5) is 0 Å². The van der Waals surface area contributed by atoms with Gasteiger partial charge in [0.25, 0.3) is 0 Å². The molecule has 2 aliphatic heterocycles. The molecule has 1 saturated carbocycles. The molecule has 0 aromatic carbocycles. The third kappa shape index (κ3) is 7.20. The minimum Gasteiger partial charge on any atom is -0.376 e. The highest BCUT2D eigenvalue weighted by atomic mass is 16.5. The molecule has 0 bridgehead atoms. The van der Waals surface area contributed by atoms with Gasteiger partial charge in [0.1, 0.15) is 0 Å². The smallest absolute Gasteiger partial charge is 0.0598 e. The van der Waals surface area contributed by atoms with E-state index in [0.29, 0.717) is 5.41 Å². The standard InChI is InChI=1S/C27H52N2O/c1-21(26(2,3)4)24-10-15-29(16-11-24)25-18-23(19-25)20-28-13-8-22(9-14-28)12-17-30-27(5,6)7/h21-25H,8-20H2,1-7H3. The molecule has 1 aliphatic carbocycles. The average Bonchev–Trinajstić information content (AvgIpc) is 2.63. The van der Waals surface area contributed by atoms with E-state index >= 15 is 0 Å². The second-order valence-corrected chi connectivity index (χ2v) is 13.0. The van der Waals surface area contributed by atoms with Gasteiger partial charge < -0.3 is 14.5 Å². The molecular formula is C27H52N2O. The Kier molecular flexibility index (Phi) is 8.35. The quantitative estimate of drug-likeness (QED) is 0.496. The summed E-state index contributed by atoms with van der Waals surface area (Å²) in [6, 6.07) is 0.896. The zero-order valence-electron chi connectivity index (χ0n) is 21.4. The van der Waals surface area contributed by atoms with Crippen molar-refractivity contribution >= 4 is 0 Å². The molecule has 1 atom stereocenters. The van der Waals surface area contributed by atoms with E-state index in [-0.39, 0.29) is 5.60 Å². The molecule has 3 rings (SSSR count). The summed E-state index contributed by atoms with van der Waals surface area (Å²) in [5.74, 6) is 3.63. The third-order valence-electron chi connectivity index (χ3n) is 8.66. The molecule has 30 heavy (non-hydrogen) atoms. The molecule has 0 amide bonds. The molecular weight excluding hydrogens is 368 g/mol. The number of nitrogens with zero attached hydrogens (tertiary/aromatic N) is 2. The Hall–Kier alpha value is -0.120. The maximum atomic E-state index is 5.94.